The number of hydrogen-bond acceptors (Lipinski definition) is 2. The van der Waals surface area contributed by atoms with Gasteiger partial charge in [-0.05, 0) is 36.4 Å². The summed E-state index contributed by atoms with van der Waals surface area (Å²) in [5, 5.41) is 1.84. The van der Waals surface area contributed by atoms with Gasteiger partial charge in [-0.1, -0.05) is 31.9 Å². The molecular weight excluding hydrogens is 512 g/mol. The molecule has 1 aliphatic heterocycles. The number of aromatic nitrogens is 2. The van der Waals surface area contributed by atoms with Crippen LogP contribution >= 0.6 is 31.9 Å². The predicted octanol–water partition coefficient (Wildman–Crippen LogP) is 4.89. The van der Waals surface area contributed by atoms with Crippen molar-refractivity contribution in [2.24, 2.45) is 0 Å². The van der Waals surface area contributed by atoms with Crippen LogP contribution in [0.1, 0.15) is 23.2 Å². The highest BCUT2D eigenvalue weighted by atomic mass is 79.9. The molecule has 6 nitrogen and oxygen atoms in total. The maximum atomic E-state index is 13.5. The molecule has 0 unspecified atom stereocenters. The topological polar surface area (TPSA) is 72.2 Å². The van der Waals surface area contributed by atoms with Gasteiger partial charge in [0.1, 0.15) is 12.1 Å². The zero-order valence-corrected chi connectivity index (χ0v) is 19.4. The van der Waals surface area contributed by atoms with E-state index in [0.717, 1.165) is 41.9 Å². The molecule has 3 heterocycles. The summed E-state index contributed by atoms with van der Waals surface area (Å²) >= 11 is 6.99. The summed E-state index contributed by atoms with van der Waals surface area (Å²) in [6.45, 7) is 0. The number of likely N-dealkylation sites (N-methyl/N-ethyl adjacent to an activating group) is 2. The quantitative estimate of drug-likeness (QED) is 0.388. The highest BCUT2D eigenvalue weighted by molar-refractivity contribution is 9.10. The van der Waals surface area contributed by atoms with Crippen molar-refractivity contribution in [1.29, 1.82) is 0 Å². The summed E-state index contributed by atoms with van der Waals surface area (Å²) in [6, 6.07) is 10.4. The Morgan fingerprint density at radius 1 is 0.733 bits per heavy atom. The predicted molar refractivity (Wildman–Crippen MR) is 123 cm³/mol. The Labute approximate surface area is 189 Å². The minimum atomic E-state index is -0.682. The Bertz CT molecular complexity index is 1220. The number of H-pyrrole nitrogens is 2. The van der Waals surface area contributed by atoms with E-state index in [1.807, 2.05) is 48.8 Å². The van der Waals surface area contributed by atoms with Crippen molar-refractivity contribution in [1.82, 2.24) is 19.8 Å². The molecule has 8 heteroatoms. The van der Waals surface area contributed by atoms with E-state index in [4.69, 9.17) is 0 Å². The van der Waals surface area contributed by atoms with Crippen molar-refractivity contribution in [3.05, 3.63) is 68.9 Å². The third-order valence-corrected chi connectivity index (χ3v) is 6.86. The van der Waals surface area contributed by atoms with Crippen LogP contribution < -0.4 is 0 Å². The average molecular weight is 530 g/mol. The van der Waals surface area contributed by atoms with Crippen molar-refractivity contribution in [3.8, 4) is 0 Å². The summed E-state index contributed by atoms with van der Waals surface area (Å²) < 4.78 is 1.84. The number of carbonyl (C=O) groups is 2. The van der Waals surface area contributed by atoms with Crippen molar-refractivity contribution in [2.75, 3.05) is 14.1 Å². The number of aromatic amines is 2. The molecule has 2 aromatic carbocycles. The van der Waals surface area contributed by atoms with Crippen LogP contribution in [0.5, 0.6) is 0 Å². The molecule has 152 valence electrons. The molecule has 2 N–H and O–H groups in total. The van der Waals surface area contributed by atoms with Crippen LogP contribution in [0.15, 0.2) is 57.7 Å². The Morgan fingerprint density at radius 3 is 1.53 bits per heavy atom. The van der Waals surface area contributed by atoms with E-state index in [2.05, 4.69) is 41.8 Å². The number of carbonyl (C=O) groups excluding carboxylic acids is 2. The van der Waals surface area contributed by atoms with Gasteiger partial charge in [0, 0.05) is 68.4 Å². The first-order valence-electron chi connectivity index (χ1n) is 9.43. The minimum absolute atomic E-state index is 0.118. The molecule has 2 atom stereocenters. The maximum Gasteiger partial charge on any atom is 0.250 e. The first-order chi connectivity index (χ1) is 14.4. The highest BCUT2D eigenvalue weighted by Gasteiger charge is 2.45. The summed E-state index contributed by atoms with van der Waals surface area (Å²) in [4.78, 5) is 36.6. The fraction of sp³-hybridized carbons (Fsp3) is 0.182. The fourth-order valence-corrected chi connectivity index (χ4v) is 5.06. The summed E-state index contributed by atoms with van der Waals surface area (Å²) in [7, 11) is 3.40. The number of nitrogens with zero attached hydrogens (tertiary/aromatic N) is 2. The Morgan fingerprint density at radius 2 is 1.13 bits per heavy atom. The number of hydrogen-bond donors (Lipinski definition) is 2. The van der Waals surface area contributed by atoms with Gasteiger partial charge in [0.2, 0.25) is 0 Å². The number of amides is 2. The lowest BCUT2D eigenvalue weighted by Gasteiger charge is -2.41. The third kappa shape index (κ3) is 2.81. The van der Waals surface area contributed by atoms with Crippen molar-refractivity contribution in [2.45, 2.75) is 12.1 Å². The molecular formula is C22H18Br2N4O2. The number of piperazine rings is 1. The van der Waals surface area contributed by atoms with E-state index in [1.165, 1.54) is 0 Å². The van der Waals surface area contributed by atoms with Crippen LogP contribution in [0.4, 0.5) is 0 Å². The van der Waals surface area contributed by atoms with Gasteiger partial charge in [-0.25, -0.2) is 0 Å². The van der Waals surface area contributed by atoms with Gasteiger partial charge in [-0.15, -0.1) is 0 Å². The molecule has 0 bridgehead atoms. The molecule has 5 rings (SSSR count). The molecule has 0 radical (unpaired) electrons. The lowest BCUT2D eigenvalue weighted by atomic mass is 9.94. The molecule has 4 aromatic rings. The molecule has 1 fully saturated rings. The zero-order chi connectivity index (χ0) is 21.2. The van der Waals surface area contributed by atoms with Gasteiger partial charge in [0.25, 0.3) is 11.8 Å². The number of rotatable bonds is 2. The first-order valence-corrected chi connectivity index (χ1v) is 11.0. The molecule has 2 aromatic heterocycles. The SMILES string of the molecule is CN1C(=O)[C@@H](c2c[nH]c3ccc(Br)cc23)N(C)C(=O)[C@@H]1c1c[nH]c2ccc(Br)cc12. The standard InChI is InChI=1S/C22H18Br2N4O2/c1-27-19(15-9-25-17-5-3-11(23)7-13(15)17)22(30)28(2)20(21(27)29)16-10-26-18-6-4-12(24)8-14(16)18/h3-10,19-20,25-26H,1-2H3/t19-,20+. The van der Waals surface area contributed by atoms with Gasteiger partial charge in [-0.3, -0.25) is 9.59 Å². The highest BCUT2D eigenvalue weighted by Crippen LogP contribution is 2.40. The second-order valence-electron chi connectivity index (χ2n) is 7.57. The van der Waals surface area contributed by atoms with E-state index in [1.54, 1.807) is 23.9 Å². The van der Waals surface area contributed by atoms with Crippen molar-refractivity contribution in [3.63, 3.8) is 0 Å². The van der Waals surface area contributed by atoms with Crippen molar-refractivity contribution < 1.29 is 9.59 Å². The van der Waals surface area contributed by atoms with E-state index in [0.29, 0.717) is 0 Å². The summed E-state index contributed by atoms with van der Waals surface area (Å²) in [5.74, 6) is -0.236. The van der Waals surface area contributed by atoms with Gasteiger partial charge >= 0.3 is 0 Å². The second kappa shape index (κ2) is 6.99. The Hall–Kier alpha value is -2.58. The van der Waals surface area contributed by atoms with E-state index < -0.39 is 12.1 Å². The average Bonchev–Trinajstić information content (AvgIpc) is 3.31. The van der Waals surface area contributed by atoms with Crippen LogP contribution in [-0.2, 0) is 9.59 Å². The van der Waals surface area contributed by atoms with Crippen LogP contribution in [-0.4, -0.2) is 45.7 Å². The number of fused-ring (bicyclic) bond motifs is 2. The largest absolute Gasteiger partial charge is 0.361 e. The summed E-state index contributed by atoms with van der Waals surface area (Å²) in [6.07, 6.45) is 3.64. The molecule has 0 saturated carbocycles. The molecule has 1 saturated heterocycles. The lowest BCUT2D eigenvalue weighted by molar-refractivity contribution is -0.159. The van der Waals surface area contributed by atoms with Crippen LogP contribution in [0.25, 0.3) is 21.8 Å². The van der Waals surface area contributed by atoms with Crippen LogP contribution in [0.2, 0.25) is 0 Å². The summed E-state index contributed by atoms with van der Waals surface area (Å²) in [5.41, 5.74) is 3.43. The monoisotopic (exact) mass is 528 g/mol. The van der Waals surface area contributed by atoms with Gasteiger partial charge in [0.15, 0.2) is 0 Å². The second-order valence-corrected chi connectivity index (χ2v) is 9.40. The molecule has 1 aliphatic rings. The maximum absolute atomic E-state index is 13.5. The van der Waals surface area contributed by atoms with E-state index >= 15 is 0 Å². The lowest BCUT2D eigenvalue weighted by Crippen LogP contribution is -2.54. The number of benzene rings is 2. The number of nitrogens with one attached hydrogen (secondary N) is 2. The van der Waals surface area contributed by atoms with E-state index in [9.17, 15) is 9.59 Å². The minimum Gasteiger partial charge on any atom is -0.361 e. The van der Waals surface area contributed by atoms with Crippen LogP contribution in [0.3, 0.4) is 0 Å². The molecule has 2 amide bonds. The van der Waals surface area contributed by atoms with Gasteiger partial charge < -0.3 is 19.8 Å². The Kier molecular flexibility index (Phi) is 4.52. The molecule has 30 heavy (non-hydrogen) atoms. The smallest absolute Gasteiger partial charge is 0.250 e. The fourth-order valence-electron chi connectivity index (χ4n) is 4.34. The molecule has 0 spiro atoms. The van der Waals surface area contributed by atoms with Gasteiger partial charge in [0.05, 0.1) is 0 Å². The van der Waals surface area contributed by atoms with Crippen molar-refractivity contribution >= 4 is 65.5 Å². The van der Waals surface area contributed by atoms with Gasteiger partial charge in [-0.2, -0.15) is 0 Å². The number of halogens is 2. The third-order valence-electron chi connectivity index (χ3n) is 5.88. The van der Waals surface area contributed by atoms with Crippen LogP contribution in [0, 0.1) is 0 Å². The first kappa shape index (κ1) is 19.4. The van der Waals surface area contributed by atoms with E-state index in [-0.39, 0.29) is 11.8 Å². The Balaban J connectivity index is 1.60. The zero-order valence-electron chi connectivity index (χ0n) is 16.2. The normalized spacial score (nSPS) is 20.0. The molecule has 0 aliphatic carbocycles.